The van der Waals surface area contributed by atoms with Crippen molar-refractivity contribution in [3.05, 3.63) is 71.8 Å². The van der Waals surface area contributed by atoms with E-state index in [0.29, 0.717) is 5.56 Å². The van der Waals surface area contributed by atoms with Gasteiger partial charge in [0.2, 0.25) is 0 Å². The fourth-order valence-corrected chi connectivity index (χ4v) is 3.56. The number of nitrogens with one attached hydrogen (secondary N) is 1. The Labute approximate surface area is 158 Å². The van der Waals surface area contributed by atoms with Gasteiger partial charge in [-0.25, -0.2) is 22.2 Å². The zero-order valence-electron chi connectivity index (χ0n) is 15.0. The lowest BCUT2D eigenvalue weighted by molar-refractivity contribution is 0.584. The summed E-state index contributed by atoms with van der Waals surface area (Å²) >= 11 is 0. The van der Waals surface area contributed by atoms with Gasteiger partial charge in [-0.3, -0.25) is 0 Å². The van der Waals surface area contributed by atoms with E-state index in [0.717, 1.165) is 24.8 Å². The highest BCUT2D eigenvalue weighted by atomic mass is 32.2. The normalized spacial score (nSPS) is 11.5. The smallest absolute Gasteiger partial charge is 0.246 e. The van der Waals surface area contributed by atoms with Gasteiger partial charge in [0.1, 0.15) is 12.1 Å². The number of hydrogen-bond acceptors (Lipinski definition) is 4. The summed E-state index contributed by atoms with van der Waals surface area (Å²) < 4.78 is 42.4. The van der Waals surface area contributed by atoms with Crippen LogP contribution >= 0.6 is 0 Å². The van der Waals surface area contributed by atoms with Gasteiger partial charge < -0.3 is 0 Å². The Morgan fingerprint density at radius 1 is 1.11 bits per heavy atom. The average Bonchev–Trinajstić information content (AvgIpc) is 3.08. The Morgan fingerprint density at radius 3 is 2.56 bits per heavy atom. The Balaban J connectivity index is 1.69. The van der Waals surface area contributed by atoms with Crippen molar-refractivity contribution >= 4 is 16.0 Å². The SMILES string of the molecule is CCCCc1ccc(S(=O)(=O)Nc2ncn(Cc3ccccc3F)n2)cc1. The molecule has 0 saturated carbocycles. The molecule has 1 heterocycles. The van der Waals surface area contributed by atoms with Crippen molar-refractivity contribution in [2.75, 3.05) is 4.72 Å². The van der Waals surface area contributed by atoms with E-state index < -0.39 is 10.0 Å². The minimum absolute atomic E-state index is 0.0543. The minimum atomic E-state index is -3.78. The lowest BCUT2D eigenvalue weighted by atomic mass is 10.1. The minimum Gasteiger partial charge on any atom is -0.246 e. The molecule has 1 aromatic heterocycles. The third-order valence-corrected chi connectivity index (χ3v) is 5.45. The van der Waals surface area contributed by atoms with Crippen molar-refractivity contribution in [1.82, 2.24) is 14.8 Å². The summed E-state index contributed by atoms with van der Waals surface area (Å²) in [5.74, 6) is -0.403. The van der Waals surface area contributed by atoms with Crippen molar-refractivity contribution < 1.29 is 12.8 Å². The molecule has 0 aliphatic carbocycles. The van der Waals surface area contributed by atoms with E-state index in [4.69, 9.17) is 0 Å². The largest absolute Gasteiger partial charge is 0.264 e. The molecule has 0 bridgehead atoms. The zero-order chi connectivity index (χ0) is 19.3. The van der Waals surface area contributed by atoms with Crippen LogP contribution in [0.2, 0.25) is 0 Å². The van der Waals surface area contributed by atoms with Gasteiger partial charge in [-0.15, -0.1) is 5.10 Å². The first-order valence-electron chi connectivity index (χ1n) is 8.72. The van der Waals surface area contributed by atoms with Crippen LogP contribution in [0.3, 0.4) is 0 Å². The number of anilines is 1. The van der Waals surface area contributed by atoms with Crippen LogP contribution in [0.1, 0.15) is 30.9 Å². The average molecular weight is 388 g/mol. The number of sulfonamides is 1. The fourth-order valence-electron chi connectivity index (χ4n) is 2.61. The number of aryl methyl sites for hydroxylation is 1. The van der Waals surface area contributed by atoms with E-state index in [1.165, 1.54) is 17.1 Å². The number of rotatable bonds is 8. The molecule has 1 N–H and O–H groups in total. The van der Waals surface area contributed by atoms with Gasteiger partial charge in [0.15, 0.2) is 0 Å². The molecule has 0 aliphatic rings. The Bertz CT molecular complexity index is 1000. The quantitative estimate of drug-likeness (QED) is 0.640. The van der Waals surface area contributed by atoms with Gasteiger partial charge in [0.05, 0.1) is 11.4 Å². The number of aromatic nitrogens is 3. The topological polar surface area (TPSA) is 76.9 Å². The molecule has 8 heteroatoms. The summed E-state index contributed by atoms with van der Waals surface area (Å²) in [4.78, 5) is 4.10. The summed E-state index contributed by atoms with van der Waals surface area (Å²) in [5, 5.41) is 4.06. The molecule has 27 heavy (non-hydrogen) atoms. The molecule has 0 spiro atoms. The number of unbranched alkanes of at least 4 members (excludes halogenated alkanes) is 1. The maximum Gasteiger partial charge on any atom is 0.264 e. The van der Waals surface area contributed by atoms with Gasteiger partial charge in [0.25, 0.3) is 16.0 Å². The van der Waals surface area contributed by atoms with Crippen LogP contribution in [0, 0.1) is 5.82 Å². The van der Waals surface area contributed by atoms with Crippen LogP contribution in [-0.2, 0) is 23.0 Å². The standard InChI is InChI=1S/C19H21FN4O2S/c1-2-3-6-15-9-11-17(12-10-15)27(25,26)23-19-21-14-24(22-19)13-16-7-4-5-8-18(16)20/h4-5,7-12,14H,2-3,6,13H2,1H3,(H,22,23). The van der Waals surface area contributed by atoms with Gasteiger partial charge in [-0.05, 0) is 36.6 Å². The van der Waals surface area contributed by atoms with E-state index in [-0.39, 0.29) is 23.2 Å². The first kappa shape index (κ1) is 19.0. The molecular formula is C19H21FN4O2S. The number of benzene rings is 2. The van der Waals surface area contributed by atoms with Gasteiger partial charge in [-0.2, -0.15) is 4.98 Å². The van der Waals surface area contributed by atoms with Gasteiger partial charge in [0, 0.05) is 5.56 Å². The molecular weight excluding hydrogens is 367 g/mol. The Kier molecular flexibility index (Phi) is 5.85. The molecule has 142 valence electrons. The van der Waals surface area contributed by atoms with Crippen LogP contribution < -0.4 is 4.72 Å². The molecule has 0 atom stereocenters. The lowest BCUT2D eigenvalue weighted by Crippen LogP contribution is -2.14. The van der Waals surface area contributed by atoms with Crippen molar-refractivity contribution in [3.8, 4) is 0 Å². The molecule has 0 aliphatic heterocycles. The molecule has 6 nitrogen and oxygen atoms in total. The number of nitrogens with zero attached hydrogens (tertiary/aromatic N) is 3. The molecule has 0 unspecified atom stereocenters. The molecule has 3 rings (SSSR count). The molecule has 0 saturated heterocycles. The van der Waals surface area contributed by atoms with Crippen molar-refractivity contribution in [1.29, 1.82) is 0 Å². The first-order chi connectivity index (χ1) is 13.0. The van der Waals surface area contributed by atoms with Gasteiger partial charge >= 0.3 is 0 Å². The fraction of sp³-hybridized carbons (Fsp3) is 0.263. The van der Waals surface area contributed by atoms with Crippen molar-refractivity contribution in [2.45, 2.75) is 37.6 Å². The maximum absolute atomic E-state index is 13.7. The van der Waals surface area contributed by atoms with Crippen molar-refractivity contribution in [3.63, 3.8) is 0 Å². The summed E-state index contributed by atoms with van der Waals surface area (Å²) in [6, 6.07) is 13.1. The zero-order valence-corrected chi connectivity index (χ0v) is 15.8. The van der Waals surface area contributed by atoms with E-state index in [1.807, 2.05) is 12.1 Å². The van der Waals surface area contributed by atoms with Gasteiger partial charge in [-0.1, -0.05) is 43.7 Å². The monoisotopic (exact) mass is 388 g/mol. The predicted octanol–water partition coefficient (Wildman–Crippen LogP) is 3.61. The van der Waals surface area contributed by atoms with Crippen LogP contribution in [0.4, 0.5) is 10.3 Å². The van der Waals surface area contributed by atoms with Crippen LogP contribution in [0.5, 0.6) is 0 Å². The first-order valence-corrected chi connectivity index (χ1v) is 10.2. The van der Waals surface area contributed by atoms with E-state index in [2.05, 4.69) is 21.7 Å². The van der Waals surface area contributed by atoms with E-state index >= 15 is 0 Å². The predicted molar refractivity (Wildman–Crippen MR) is 101 cm³/mol. The Hall–Kier alpha value is -2.74. The molecule has 0 fully saturated rings. The summed E-state index contributed by atoms with van der Waals surface area (Å²) in [6.45, 7) is 2.27. The molecule has 2 aromatic carbocycles. The van der Waals surface area contributed by atoms with Crippen LogP contribution in [0.15, 0.2) is 59.8 Å². The number of halogens is 1. The highest BCUT2D eigenvalue weighted by molar-refractivity contribution is 7.92. The second-order valence-electron chi connectivity index (χ2n) is 6.21. The van der Waals surface area contributed by atoms with Crippen LogP contribution in [0.25, 0.3) is 0 Å². The lowest BCUT2D eigenvalue weighted by Gasteiger charge is -2.06. The molecule has 0 amide bonds. The van der Waals surface area contributed by atoms with E-state index in [1.54, 1.807) is 30.3 Å². The van der Waals surface area contributed by atoms with Crippen molar-refractivity contribution in [2.24, 2.45) is 0 Å². The second kappa shape index (κ2) is 8.30. The highest BCUT2D eigenvalue weighted by Gasteiger charge is 2.16. The molecule has 0 radical (unpaired) electrons. The summed E-state index contributed by atoms with van der Waals surface area (Å²) in [6.07, 6.45) is 4.43. The third-order valence-electron chi connectivity index (χ3n) is 4.10. The maximum atomic E-state index is 13.7. The molecule has 3 aromatic rings. The second-order valence-corrected chi connectivity index (χ2v) is 7.89. The number of hydrogen-bond donors (Lipinski definition) is 1. The summed E-state index contributed by atoms with van der Waals surface area (Å²) in [5.41, 5.74) is 1.54. The van der Waals surface area contributed by atoms with Crippen LogP contribution in [-0.4, -0.2) is 23.2 Å². The highest BCUT2D eigenvalue weighted by Crippen LogP contribution is 2.16. The van der Waals surface area contributed by atoms with E-state index in [9.17, 15) is 12.8 Å². The summed E-state index contributed by atoms with van der Waals surface area (Å²) in [7, 11) is -3.78. The Morgan fingerprint density at radius 2 is 1.85 bits per heavy atom. The third kappa shape index (κ3) is 4.91.